The number of fused-ring (bicyclic) bond motifs is 2. The Labute approximate surface area is 150 Å². The number of para-hydroxylation sites is 2. The first-order valence-electron chi connectivity index (χ1n) is 8.25. The molecular formula is C22H16N2O2. The van der Waals surface area contributed by atoms with Gasteiger partial charge in [0.1, 0.15) is 5.75 Å². The second-order valence-electron chi connectivity index (χ2n) is 5.91. The Hall–Kier alpha value is -3.53. The summed E-state index contributed by atoms with van der Waals surface area (Å²) < 4.78 is 5.23. The van der Waals surface area contributed by atoms with Gasteiger partial charge in [-0.3, -0.25) is 9.78 Å². The van der Waals surface area contributed by atoms with E-state index in [4.69, 9.17) is 4.74 Å². The molecule has 4 rings (SSSR count). The van der Waals surface area contributed by atoms with Crippen molar-refractivity contribution in [3.8, 4) is 5.75 Å². The largest absolute Gasteiger partial charge is 0.497 e. The summed E-state index contributed by atoms with van der Waals surface area (Å²) in [6.07, 6.45) is 4.89. The van der Waals surface area contributed by atoms with Gasteiger partial charge in [0, 0.05) is 5.56 Å². The SMILES string of the molecule is COc1ccc2cc(C(=O)/C=C/c3cnc4ccccc4n3)ccc2c1. The molecule has 3 aromatic carbocycles. The number of ketones is 1. The van der Waals surface area contributed by atoms with Crippen LogP contribution >= 0.6 is 0 Å². The van der Waals surface area contributed by atoms with Crippen LogP contribution in [0.1, 0.15) is 16.1 Å². The Kier molecular flexibility index (Phi) is 4.15. The van der Waals surface area contributed by atoms with E-state index < -0.39 is 0 Å². The smallest absolute Gasteiger partial charge is 0.185 e. The van der Waals surface area contributed by atoms with Gasteiger partial charge in [-0.05, 0) is 53.3 Å². The molecule has 0 saturated heterocycles. The third-order valence-electron chi connectivity index (χ3n) is 4.20. The molecule has 0 aliphatic heterocycles. The predicted octanol–water partition coefficient (Wildman–Crippen LogP) is 4.69. The number of ether oxygens (including phenoxy) is 1. The van der Waals surface area contributed by atoms with Crippen molar-refractivity contribution in [2.75, 3.05) is 7.11 Å². The first-order chi connectivity index (χ1) is 12.7. The maximum atomic E-state index is 12.5. The zero-order valence-electron chi connectivity index (χ0n) is 14.2. The van der Waals surface area contributed by atoms with Gasteiger partial charge in [0.25, 0.3) is 0 Å². The molecule has 0 aliphatic carbocycles. The summed E-state index contributed by atoms with van der Waals surface area (Å²) in [4.78, 5) is 21.3. The number of hydrogen-bond donors (Lipinski definition) is 0. The molecule has 0 unspecified atom stereocenters. The van der Waals surface area contributed by atoms with Gasteiger partial charge < -0.3 is 4.74 Å². The van der Waals surface area contributed by atoms with Gasteiger partial charge in [-0.15, -0.1) is 0 Å². The zero-order valence-corrected chi connectivity index (χ0v) is 14.2. The number of benzene rings is 3. The summed E-state index contributed by atoms with van der Waals surface area (Å²) in [6.45, 7) is 0. The second kappa shape index (κ2) is 6.76. The van der Waals surface area contributed by atoms with E-state index in [1.54, 1.807) is 19.4 Å². The van der Waals surface area contributed by atoms with E-state index in [9.17, 15) is 4.79 Å². The fourth-order valence-electron chi connectivity index (χ4n) is 2.81. The quantitative estimate of drug-likeness (QED) is 0.399. The molecule has 0 N–H and O–H groups in total. The topological polar surface area (TPSA) is 52.1 Å². The number of methoxy groups -OCH3 is 1. The standard InChI is InChI=1S/C22H16N2O2/c1-26-19-10-8-15-12-17(7-6-16(15)13-19)22(25)11-9-18-14-23-20-4-2-3-5-21(20)24-18/h2-14H,1H3/b11-9+. The summed E-state index contributed by atoms with van der Waals surface area (Å²) in [5.74, 6) is 0.726. The Morgan fingerprint density at radius 1 is 0.962 bits per heavy atom. The molecule has 0 spiro atoms. The van der Waals surface area contributed by atoms with Crippen LogP contribution < -0.4 is 4.74 Å². The number of carbonyl (C=O) groups is 1. The number of carbonyl (C=O) groups excluding carboxylic acids is 1. The van der Waals surface area contributed by atoms with Crippen LogP contribution in [0.15, 0.2) is 72.9 Å². The van der Waals surface area contributed by atoms with Crippen molar-refractivity contribution < 1.29 is 9.53 Å². The van der Waals surface area contributed by atoms with E-state index in [0.717, 1.165) is 27.6 Å². The molecule has 126 valence electrons. The monoisotopic (exact) mass is 340 g/mol. The molecule has 0 bridgehead atoms. The van der Waals surface area contributed by atoms with Gasteiger partial charge >= 0.3 is 0 Å². The van der Waals surface area contributed by atoms with Crippen molar-refractivity contribution in [1.82, 2.24) is 9.97 Å². The highest BCUT2D eigenvalue weighted by Crippen LogP contribution is 2.22. The normalized spacial score (nSPS) is 11.3. The molecule has 0 radical (unpaired) electrons. The maximum Gasteiger partial charge on any atom is 0.185 e. The molecule has 0 amide bonds. The summed E-state index contributed by atoms with van der Waals surface area (Å²) in [5, 5.41) is 2.03. The average molecular weight is 340 g/mol. The lowest BCUT2D eigenvalue weighted by atomic mass is 10.0. The first-order valence-corrected chi connectivity index (χ1v) is 8.25. The summed E-state index contributed by atoms with van der Waals surface area (Å²) in [5.41, 5.74) is 2.93. The van der Waals surface area contributed by atoms with Crippen molar-refractivity contribution in [2.45, 2.75) is 0 Å². The second-order valence-corrected chi connectivity index (χ2v) is 5.91. The van der Waals surface area contributed by atoms with Crippen molar-refractivity contribution >= 4 is 33.7 Å². The number of rotatable bonds is 4. The number of allylic oxidation sites excluding steroid dienone is 1. The maximum absolute atomic E-state index is 12.5. The van der Waals surface area contributed by atoms with Crippen molar-refractivity contribution in [2.24, 2.45) is 0 Å². The van der Waals surface area contributed by atoms with Crippen LogP contribution in [0.2, 0.25) is 0 Å². The van der Waals surface area contributed by atoms with Crippen LogP contribution in [0.3, 0.4) is 0 Å². The fourth-order valence-corrected chi connectivity index (χ4v) is 2.81. The molecule has 1 heterocycles. The first kappa shape index (κ1) is 16.0. The van der Waals surface area contributed by atoms with Crippen LogP contribution in [-0.4, -0.2) is 22.9 Å². The third kappa shape index (κ3) is 3.17. The highest BCUT2D eigenvalue weighted by molar-refractivity contribution is 6.08. The molecule has 26 heavy (non-hydrogen) atoms. The summed E-state index contributed by atoms with van der Waals surface area (Å²) >= 11 is 0. The number of nitrogens with zero attached hydrogens (tertiary/aromatic N) is 2. The molecule has 4 heteroatoms. The Morgan fingerprint density at radius 2 is 1.73 bits per heavy atom. The van der Waals surface area contributed by atoms with Gasteiger partial charge in [0.05, 0.1) is 30.0 Å². The van der Waals surface area contributed by atoms with Crippen molar-refractivity contribution in [3.63, 3.8) is 0 Å². The van der Waals surface area contributed by atoms with Crippen LogP contribution in [0.4, 0.5) is 0 Å². The van der Waals surface area contributed by atoms with E-state index >= 15 is 0 Å². The van der Waals surface area contributed by atoms with Gasteiger partial charge in [-0.25, -0.2) is 4.98 Å². The van der Waals surface area contributed by atoms with E-state index in [2.05, 4.69) is 9.97 Å². The molecule has 4 nitrogen and oxygen atoms in total. The minimum Gasteiger partial charge on any atom is -0.497 e. The number of aromatic nitrogens is 2. The lowest BCUT2D eigenvalue weighted by Gasteiger charge is -2.04. The lowest BCUT2D eigenvalue weighted by molar-refractivity contribution is 0.104. The molecule has 0 aliphatic rings. The van der Waals surface area contributed by atoms with Crippen LogP contribution in [0.25, 0.3) is 27.9 Å². The fraction of sp³-hybridized carbons (Fsp3) is 0.0455. The number of hydrogen-bond acceptors (Lipinski definition) is 4. The van der Waals surface area contributed by atoms with E-state index in [1.165, 1.54) is 6.08 Å². The van der Waals surface area contributed by atoms with E-state index in [-0.39, 0.29) is 5.78 Å². The van der Waals surface area contributed by atoms with Crippen molar-refractivity contribution in [3.05, 3.63) is 84.2 Å². The molecule has 0 saturated carbocycles. The van der Waals surface area contributed by atoms with Gasteiger partial charge in [-0.1, -0.05) is 30.3 Å². The Morgan fingerprint density at radius 3 is 2.58 bits per heavy atom. The minimum absolute atomic E-state index is 0.0716. The van der Waals surface area contributed by atoms with E-state index in [1.807, 2.05) is 60.7 Å². The zero-order chi connectivity index (χ0) is 17.9. The summed E-state index contributed by atoms with van der Waals surface area (Å²) in [7, 11) is 1.64. The molecule has 0 fully saturated rings. The predicted molar refractivity (Wildman–Crippen MR) is 103 cm³/mol. The van der Waals surface area contributed by atoms with Crippen molar-refractivity contribution in [1.29, 1.82) is 0 Å². The lowest BCUT2D eigenvalue weighted by Crippen LogP contribution is -1.95. The van der Waals surface area contributed by atoms with Crippen LogP contribution in [-0.2, 0) is 0 Å². The third-order valence-corrected chi connectivity index (χ3v) is 4.20. The molecule has 1 aromatic heterocycles. The van der Waals surface area contributed by atoms with Crippen LogP contribution in [0.5, 0.6) is 5.75 Å². The minimum atomic E-state index is -0.0716. The molecular weight excluding hydrogens is 324 g/mol. The van der Waals surface area contributed by atoms with Gasteiger partial charge in [-0.2, -0.15) is 0 Å². The Balaban J connectivity index is 1.60. The highest BCUT2D eigenvalue weighted by Gasteiger charge is 2.05. The van der Waals surface area contributed by atoms with E-state index in [0.29, 0.717) is 11.3 Å². The Bertz CT molecular complexity index is 1150. The summed E-state index contributed by atoms with van der Waals surface area (Å²) in [6, 6.07) is 19.1. The van der Waals surface area contributed by atoms with Crippen LogP contribution in [0, 0.1) is 0 Å². The van der Waals surface area contributed by atoms with Gasteiger partial charge in [0.2, 0.25) is 0 Å². The molecule has 0 atom stereocenters. The van der Waals surface area contributed by atoms with Gasteiger partial charge in [0.15, 0.2) is 5.78 Å². The molecule has 4 aromatic rings. The average Bonchev–Trinajstić information content (AvgIpc) is 2.71. The highest BCUT2D eigenvalue weighted by atomic mass is 16.5.